The molecule has 2 heterocycles. The molecule has 0 amide bonds. The molecule has 92 valence electrons. The van der Waals surface area contributed by atoms with Gasteiger partial charge in [0.15, 0.2) is 0 Å². The minimum Gasteiger partial charge on any atom is -0.396 e. The van der Waals surface area contributed by atoms with E-state index in [4.69, 9.17) is 5.73 Å². The van der Waals surface area contributed by atoms with E-state index in [0.29, 0.717) is 11.7 Å². The van der Waals surface area contributed by atoms with Crippen LogP contribution in [0.3, 0.4) is 0 Å². The van der Waals surface area contributed by atoms with Crippen LogP contribution < -0.4 is 5.73 Å². The van der Waals surface area contributed by atoms with Gasteiger partial charge in [0.25, 0.3) is 0 Å². The standard InChI is InChI=1S/C12H19N5/c1-4-9(5-2)17-8-10(13)12(15-17)11-6-7-14-16(11)3/h6-9H,4-5,13H2,1-3H3. The predicted molar refractivity (Wildman–Crippen MR) is 68.5 cm³/mol. The van der Waals surface area contributed by atoms with Gasteiger partial charge in [-0.1, -0.05) is 13.8 Å². The fourth-order valence-electron chi connectivity index (χ4n) is 2.06. The SMILES string of the molecule is CCC(CC)n1cc(N)c(-c2ccnn2C)n1. The second kappa shape index (κ2) is 4.61. The van der Waals surface area contributed by atoms with Gasteiger partial charge < -0.3 is 5.73 Å². The van der Waals surface area contributed by atoms with Crippen molar-refractivity contribution in [1.29, 1.82) is 0 Å². The summed E-state index contributed by atoms with van der Waals surface area (Å²) in [6.45, 7) is 4.32. The third-order valence-corrected chi connectivity index (χ3v) is 3.14. The molecule has 0 atom stereocenters. The minimum absolute atomic E-state index is 0.416. The summed E-state index contributed by atoms with van der Waals surface area (Å²) in [6, 6.07) is 2.34. The van der Waals surface area contributed by atoms with Crippen molar-refractivity contribution in [2.45, 2.75) is 32.7 Å². The summed E-state index contributed by atoms with van der Waals surface area (Å²) < 4.78 is 3.76. The van der Waals surface area contributed by atoms with Crippen molar-refractivity contribution in [3.05, 3.63) is 18.5 Å². The molecule has 0 saturated carbocycles. The molecule has 0 spiro atoms. The zero-order valence-electron chi connectivity index (χ0n) is 10.6. The lowest BCUT2D eigenvalue weighted by molar-refractivity contribution is 0.429. The molecular formula is C12H19N5. The summed E-state index contributed by atoms with van der Waals surface area (Å²) in [4.78, 5) is 0. The largest absolute Gasteiger partial charge is 0.396 e. The summed E-state index contributed by atoms with van der Waals surface area (Å²) in [5, 5.41) is 8.73. The summed E-state index contributed by atoms with van der Waals surface area (Å²) >= 11 is 0. The molecule has 17 heavy (non-hydrogen) atoms. The number of hydrogen-bond acceptors (Lipinski definition) is 3. The van der Waals surface area contributed by atoms with Crippen LogP contribution in [0, 0.1) is 0 Å². The van der Waals surface area contributed by atoms with Crippen LogP contribution in [0.5, 0.6) is 0 Å². The number of nitrogens with zero attached hydrogens (tertiary/aromatic N) is 4. The number of nitrogen functional groups attached to an aromatic ring is 1. The molecule has 5 nitrogen and oxygen atoms in total. The van der Waals surface area contributed by atoms with E-state index in [-0.39, 0.29) is 0 Å². The predicted octanol–water partition coefficient (Wildman–Crippen LogP) is 2.23. The first-order valence-corrected chi connectivity index (χ1v) is 6.00. The molecule has 2 rings (SSSR count). The van der Waals surface area contributed by atoms with E-state index < -0.39 is 0 Å². The average Bonchev–Trinajstić information content (AvgIpc) is 2.87. The quantitative estimate of drug-likeness (QED) is 0.880. The van der Waals surface area contributed by atoms with Gasteiger partial charge >= 0.3 is 0 Å². The maximum Gasteiger partial charge on any atom is 0.133 e. The summed E-state index contributed by atoms with van der Waals surface area (Å²) in [5.74, 6) is 0. The van der Waals surface area contributed by atoms with E-state index in [9.17, 15) is 0 Å². The highest BCUT2D eigenvalue weighted by Crippen LogP contribution is 2.26. The highest BCUT2D eigenvalue weighted by atomic mass is 15.3. The molecule has 2 aromatic heterocycles. The van der Waals surface area contributed by atoms with Gasteiger partial charge in [0.2, 0.25) is 0 Å². The number of anilines is 1. The summed E-state index contributed by atoms with van der Waals surface area (Å²) in [5.41, 5.74) is 8.50. The molecule has 2 aromatic rings. The topological polar surface area (TPSA) is 61.7 Å². The molecule has 0 bridgehead atoms. The van der Waals surface area contributed by atoms with Crippen LogP contribution in [0.1, 0.15) is 32.7 Å². The fraction of sp³-hybridized carbons (Fsp3) is 0.500. The van der Waals surface area contributed by atoms with Crippen LogP contribution >= 0.6 is 0 Å². The van der Waals surface area contributed by atoms with E-state index in [0.717, 1.165) is 24.2 Å². The lowest BCUT2D eigenvalue weighted by atomic mass is 10.2. The second-order valence-electron chi connectivity index (χ2n) is 4.22. The lowest BCUT2D eigenvalue weighted by Gasteiger charge is -2.12. The van der Waals surface area contributed by atoms with Crippen molar-refractivity contribution >= 4 is 5.69 Å². The van der Waals surface area contributed by atoms with Crippen molar-refractivity contribution in [3.8, 4) is 11.4 Å². The van der Waals surface area contributed by atoms with Crippen molar-refractivity contribution < 1.29 is 0 Å². The molecule has 0 radical (unpaired) electrons. The van der Waals surface area contributed by atoms with Crippen molar-refractivity contribution in [3.63, 3.8) is 0 Å². The minimum atomic E-state index is 0.416. The third-order valence-electron chi connectivity index (χ3n) is 3.14. The van der Waals surface area contributed by atoms with Gasteiger partial charge in [-0.05, 0) is 18.9 Å². The van der Waals surface area contributed by atoms with Gasteiger partial charge in [-0.3, -0.25) is 9.36 Å². The molecular weight excluding hydrogens is 214 g/mol. The van der Waals surface area contributed by atoms with E-state index in [1.807, 2.05) is 24.0 Å². The molecule has 0 aliphatic heterocycles. The molecule has 5 heteroatoms. The maximum absolute atomic E-state index is 6.02. The first kappa shape index (κ1) is 11.7. The number of aryl methyl sites for hydroxylation is 1. The number of hydrogen-bond donors (Lipinski definition) is 1. The average molecular weight is 233 g/mol. The van der Waals surface area contributed by atoms with Crippen LogP contribution in [0.2, 0.25) is 0 Å². The Morgan fingerprint density at radius 1 is 1.35 bits per heavy atom. The van der Waals surface area contributed by atoms with Crippen molar-refractivity contribution in [2.24, 2.45) is 7.05 Å². The van der Waals surface area contributed by atoms with Crippen LogP contribution in [0.15, 0.2) is 18.5 Å². The van der Waals surface area contributed by atoms with E-state index >= 15 is 0 Å². The Morgan fingerprint density at radius 2 is 2.06 bits per heavy atom. The Labute approximate surface area is 101 Å². The molecule has 0 aromatic carbocycles. The molecule has 0 fully saturated rings. The Kier molecular flexibility index (Phi) is 3.17. The molecule has 2 N–H and O–H groups in total. The fourth-order valence-corrected chi connectivity index (χ4v) is 2.06. The van der Waals surface area contributed by atoms with Gasteiger partial charge in [0.1, 0.15) is 5.69 Å². The summed E-state index contributed by atoms with van der Waals surface area (Å²) in [7, 11) is 1.89. The first-order valence-electron chi connectivity index (χ1n) is 6.00. The van der Waals surface area contributed by atoms with Crippen molar-refractivity contribution in [1.82, 2.24) is 19.6 Å². The van der Waals surface area contributed by atoms with Crippen LogP contribution in [-0.2, 0) is 7.05 Å². The highest BCUT2D eigenvalue weighted by Gasteiger charge is 2.15. The second-order valence-corrected chi connectivity index (χ2v) is 4.22. The van der Waals surface area contributed by atoms with Gasteiger partial charge in [-0.2, -0.15) is 10.2 Å². The normalized spacial score (nSPS) is 11.3. The maximum atomic E-state index is 6.02. The Hall–Kier alpha value is -1.78. The first-order chi connectivity index (χ1) is 8.17. The van der Waals surface area contributed by atoms with E-state index in [1.54, 1.807) is 10.9 Å². The van der Waals surface area contributed by atoms with Crippen LogP contribution in [0.25, 0.3) is 11.4 Å². The van der Waals surface area contributed by atoms with E-state index in [2.05, 4.69) is 24.0 Å². The summed E-state index contributed by atoms with van der Waals surface area (Å²) in [6.07, 6.45) is 5.79. The van der Waals surface area contributed by atoms with E-state index in [1.165, 1.54) is 0 Å². The third kappa shape index (κ3) is 2.05. The monoisotopic (exact) mass is 233 g/mol. The zero-order chi connectivity index (χ0) is 12.4. The van der Waals surface area contributed by atoms with Crippen LogP contribution in [-0.4, -0.2) is 19.6 Å². The smallest absolute Gasteiger partial charge is 0.133 e. The number of aromatic nitrogens is 4. The van der Waals surface area contributed by atoms with Gasteiger partial charge in [-0.15, -0.1) is 0 Å². The van der Waals surface area contributed by atoms with Crippen molar-refractivity contribution in [2.75, 3.05) is 5.73 Å². The zero-order valence-corrected chi connectivity index (χ0v) is 10.6. The van der Waals surface area contributed by atoms with Crippen LogP contribution in [0.4, 0.5) is 5.69 Å². The van der Waals surface area contributed by atoms with Gasteiger partial charge in [0, 0.05) is 19.4 Å². The Balaban J connectivity index is 2.41. The van der Waals surface area contributed by atoms with Gasteiger partial charge in [-0.25, -0.2) is 0 Å². The number of nitrogens with two attached hydrogens (primary N) is 1. The lowest BCUT2D eigenvalue weighted by Crippen LogP contribution is -2.07. The molecule has 0 saturated heterocycles. The molecule has 0 aliphatic carbocycles. The molecule has 0 aliphatic rings. The molecule has 0 unspecified atom stereocenters. The Morgan fingerprint density at radius 3 is 2.59 bits per heavy atom. The number of rotatable bonds is 4. The highest BCUT2D eigenvalue weighted by molar-refractivity contribution is 5.69. The van der Waals surface area contributed by atoms with Gasteiger partial charge in [0.05, 0.1) is 17.4 Å². The Bertz CT molecular complexity index is 493.